The van der Waals surface area contributed by atoms with E-state index in [2.05, 4.69) is 5.32 Å². The summed E-state index contributed by atoms with van der Waals surface area (Å²) in [5.74, 6) is 0.407. The molecule has 2 N–H and O–H groups in total. The standard InChI is InChI=1S/C26H25ClN2O3/c1-29(2)24(30)28-23-16-21(17-8-4-3-5-9-17)26(18-12-14-19(27)15-13-18)25(23,31)20-10-6-7-11-22(20)32-26/h3-15,21,23,31H,16H2,1-2H3,(H,28,30)/t21-,23-,25-,26-/m0/s1. The first kappa shape index (κ1) is 20.9. The third-order valence-electron chi connectivity index (χ3n) is 6.78. The second-order valence-electron chi connectivity index (χ2n) is 8.70. The van der Waals surface area contributed by atoms with Crippen LogP contribution >= 0.6 is 11.6 Å². The number of ether oxygens (including phenoxy) is 1. The highest BCUT2D eigenvalue weighted by Gasteiger charge is 2.72. The summed E-state index contributed by atoms with van der Waals surface area (Å²) >= 11 is 6.20. The van der Waals surface area contributed by atoms with Gasteiger partial charge in [0.25, 0.3) is 0 Å². The van der Waals surface area contributed by atoms with Crippen molar-refractivity contribution in [2.75, 3.05) is 14.1 Å². The lowest BCUT2D eigenvalue weighted by Crippen LogP contribution is -2.57. The molecule has 6 heteroatoms. The van der Waals surface area contributed by atoms with Gasteiger partial charge >= 0.3 is 6.03 Å². The van der Waals surface area contributed by atoms with E-state index in [4.69, 9.17) is 16.3 Å². The Morgan fingerprint density at radius 2 is 1.69 bits per heavy atom. The quantitative estimate of drug-likeness (QED) is 0.613. The molecule has 5 rings (SSSR count). The van der Waals surface area contributed by atoms with Gasteiger partial charge in [-0.25, -0.2) is 4.79 Å². The first-order valence-corrected chi connectivity index (χ1v) is 11.1. The van der Waals surface area contributed by atoms with Crippen molar-refractivity contribution in [2.24, 2.45) is 0 Å². The maximum absolute atomic E-state index is 12.7. The summed E-state index contributed by atoms with van der Waals surface area (Å²) in [5, 5.41) is 16.3. The number of aliphatic hydroxyl groups is 1. The van der Waals surface area contributed by atoms with Gasteiger partial charge in [0.05, 0.1) is 6.04 Å². The molecule has 0 radical (unpaired) electrons. The third-order valence-corrected chi connectivity index (χ3v) is 7.03. The minimum Gasteiger partial charge on any atom is -0.478 e. The van der Waals surface area contributed by atoms with Crippen molar-refractivity contribution in [2.45, 2.75) is 29.6 Å². The Morgan fingerprint density at radius 1 is 1.03 bits per heavy atom. The van der Waals surface area contributed by atoms with Gasteiger partial charge in [-0.05, 0) is 35.7 Å². The minimum absolute atomic E-state index is 0.213. The van der Waals surface area contributed by atoms with Gasteiger partial charge in [0.1, 0.15) is 5.75 Å². The molecule has 5 nitrogen and oxygen atoms in total. The minimum atomic E-state index is -1.48. The zero-order valence-corrected chi connectivity index (χ0v) is 18.7. The van der Waals surface area contributed by atoms with Gasteiger partial charge in [-0.3, -0.25) is 0 Å². The Kier molecular flexibility index (Phi) is 4.91. The molecule has 2 amide bonds. The van der Waals surface area contributed by atoms with Crippen LogP contribution in [0.2, 0.25) is 5.02 Å². The van der Waals surface area contributed by atoms with Crippen molar-refractivity contribution in [1.29, 1.82) is 0 Å². The summed E-state index contributed by atoms with van der Waals surface area (Å²) in [4.78, 5) is 14.2. The maximum atomic E-state index is 12.7. The maximum Gasteiger partial charge on any atom is 0.317 e. The van der Waals surface area contributed by atoms with Gasteiger partial charge in [0.15, 0.2) is 11.2 Å². The van der Waals surface area contributed by atoms with E-state index >= 15 is 0 Å². The summed E-state index contributed by atoms with van der Waals surface area (Å²) in [6.07, 6.45) is 0.511. The lowest BCUT2D eigenvalue weighted by molar-refractivity contribution is -0.116. The topological polar surface area (TPSA) is 61.8 Å². The fraction of sp³-hybridized carbons (Fsp3) is 0.269. The van der Waals surface area contributed by atoms with E-state index in [9.17, 15) is 9.90 Å². The monoisotopic (exact) mass is 448 g/mol. The Labute approximate surface area is 192 Å². The number of rotatable bonds is 3. The Hall–Kier alpha value is -3.02. The Morgan fingerprint density at radius 3 is 2.38 bits per heavy atom. The van der Waals surface area contributed by atoms with E-state index in [1.165, 1.54) is 4.90 Å². The van der Waals surface area contributed by atoms with Crippen LogP contribution in [0.3, 0.4) is 0 Å². The van der Waals surface area contributed by atoms with Crippen LogP contribution in [0.15, 0.2) is 78.9 Å². The van der Waals surface area contributed by atoms with Crippen LogP contribution < -0.4 is 10.1 Å². The summed E-state index contributed by atoms with van der Waals surface area (Å²) in [6.45, 7) is 0. The fourth-order valence-corrected chi connectivity index (χ4v) is 5.48. The summed E-state index contributed by atoms with van der Waals surface area (Å²) < 4.78 is 6.73. The van der Waals surface area contributed by atoms with Crippen LogP contribution in [0.1, 0.15) is 29.0 Å². The number of urea groups is 1. The average molecular weight is 449 g/mol. The second kappa shape index (κ2) is 7.54. The predicted molar refractivity (Wildman–Crippen MR) is 124 cm³/mol. The average Bonchev–Trinajstić information content (AvgIpc) is 3.21. The van der Waals surface area contributed by atoms with Crippen molar-refractivity contribution in [3.05, 3.63) is 101 Å². The largest absolute Gasteiger partial charge is 0.478 e. The number of nitrogens with zero attached hydrogens (tertiary/aromatic N) is 1. The number of nitrogens with one attached hydrogen (secondary N) is 1. The molecule has 3 aromatic carbocycles. The van der Waals surface area contributed by atoms with Crippen LogP contribution in [0.4, 0.5) is 4.79 Å². The second-order valence-corrected chi connectivity index (χ2v) is 9.14. The molecule has 1 fully saturated rings. The van der Waals surface area contributed by atoms with E-state index in [1.54, 1.807) is 14.1 Å². The highest BCUT2D eigenvalue weighted by Crippen LogP contribution is 2.66. The van der Waals surface area contributed by atoms with E-state index in [0.717, 1.165) is 11.1 Å². The van der Waals surface area contributed by atoms with Crippen molar-refractivity contribution < 1.29 is 14.6 Å². The smallest absolute Gasteiger partial charge is 0.317 e. The van der Waals surface area contributed by atoms with E-state index in [-0.39, 0.29) is 11.9 Å². The normalized spacial score (nSPS) is 27.9. The molecule has 32 heavy (non-hydrogen) atoms. The number of benzene rings is 3. The highest BCUT2D eigenvalue weighted by atomic mass is 35.5. The lowest BCUT2D eigenvalue weighted by Gasteiger charge is -2.41. The Bertz CT molecular complexity index is 1150. The molecule has 4 atom stereocenters. The number of amides is 2. The number of fused-ring (bicyclic) bond motifs is 3. The van der Waals surface area contributed by atoms with Crippen LogP contribution in [0.25, 0.3) is 0 Å². The van der Waals surface area contributed by atoms with Gasteiger partial charge in [-0.15, -0.1) is 0 Å². The number of carbonyl (C=O) groups is 1. The van der Waals surface area contributed by atoms with Gasteiger partial charge in [0.2, 0.25) is 0 Å². The van der Waals surface area contributed by atoms with E-state index in [0.29, 0.717) is 22.8 Å². The zero-order chi connectivity index (χ0) is 22.5. The van der Waals surface area contributed by atoms with Gasteiger partial charge in [-0.1, -0.05) is 72.3 Å². The molecule has 0 bridgehead atoms. The molecule has 1 heterocycles. The first-order valence-electron chi connectivity index (χ1n) is 10.7. The summed E-state index contributed by atoms with van der Waals surface area (Å²) in [6, 6.07) is 24.2. The molecule has 1 aliphatic heterocycles. The van der Waals surface area contributed by atoms with Crippen molar-refractivity contribution in [1.82, 2.24) is 10.2 Å². The number of hydrogen-bond donors (Lipinski definition) is 2. The zero-order valence-electron chi connectivity index (χ0n) is 18.0. The molecule has 3 aromatic rings. The van der Waals surface area contributed by atoms with Crippen LogP contribution in [-0.2, 0) is 11.2 Å². The van der Waals surface area contributed by atoms with Gasteiger partial charge in [-0.2, -0.15) is 0 Å². The van der Waals surface area contributed by atoms with Crippen LogP contribution in [0, 0.1) is 0 Å². The number of halogens is 1. The predicted octanol–water partition coefficient (Wildman–Crippen LogP) is 4.64. The van der Waals surface area contributed by atoms with Crippen molar-refractivity contribution >= 4 is 17.6 Å². The van der Waals surface area contributed by atoms with Crippen molar-refractivity contribution in [3.63, 3.8) is 0 Å². The van der Waals surface area contributed by atoms with Crippen LogP contribution in [-0.4, -0.2) is 36.2 Å². The highest BCUT2D eigenvalue weighted by molar-refractivity contribution is 6.30. The molecule has 2 aliphatic rings. The molecule has 1 saturated carbocycles. The van der Waals surface area contributed by atoms with E-state index in [1.807, 2.05) is 78.9 Å². The molecule has 0 saturated heterocycles. The molecule has 164 valence electrons. The number of para-hydroxylation sites is 1. The van der Waals surface area contributed by atoms with E-state index < -0.39 is 17.2 Å². The molecular weight excluding hydrogens is 424 g/mol. The molecule has 0 unspecified atom stereocenters. The molecular formula is C26H25ClN2O3. The first-order chi connectivity index (χ1) is 15.4. The SMILES string of the molecule is CN(C)C(=O)N[C@H]1C[C@@H](c2ccccc2)[C@]2(c3ccc(Cl)cc3)Oc3ccccc3[C@]12O. The van der Waals surface area contributed by atoms with Gasteiger partial charge < -0.3 is 20.1 Å². The Balaban J connectivity index is 1.77. The molecule has 0 aromatic heterocycles. The lowest BCUT2D eigenvalue weighted by atomic mass is 9.71. The van der Waals surface area contributed by atoms with Crippen molar-refractivity contribution in [3.8, 4) is 5.75 Å². The summed E-state index contributed by atoms with van der Waals surface area (Å²) in [7, 11) is 3.38. The third kappa shape index (κ3) is 2.85. The molecule has 1 aliphatic carbocycles. The number of carbonyl (C=O) groups excluding carboxylic acids is 1. The van der Waals surface area contributed by atoms with Crippen LogP contribution in [0.5, 0.6) is 5.75 Å². The van der Waals surface area contributed by atoms with Gasteiger partial charge in [0, 0.05) is 30.6 Å². The summed E-state index contributed by atoms with van der Waals surface area (Å²) in [5.41, 5.74) is -0.0833. The fourth-order valence-electron chi connectivity index (χ4n) is 5.35. The molecule has 0 spiro atoms. The number of hydrogen-bond acceptors (Lipinski definition) is 3.